The highest BCUT2D eigenvalue weighted by molar-refractivity contribution is 5.81. The van der Waals surface area contributed by atoms with Crippen molar-refractivity contribution in [3.63, 3.8) is 0 Å². The second-order valence-electron chi connectivity index (χ2n) is 7.71. The number of methoxy groups -OCH3 is 1. The van der Waals surface area contributed by atoms with Crippen molar-refractivity contribution in [3.8, 4) is 0 Å². The summed E-state index contributed by atoms with van der Waals surface area (Å²) < 4.78 is 4.96. The summed E-state index contributed by atoms with van der Waals surface area (Å²) in [6.07, 6.45) is 3.85. The normalized spacial score (nSPS) is 18.3. The molecule has 26 heavy (non-hydrogen) atoms. The Bertz CT molecular complexity index is 615. The molecule has 2 unspecified atom stereocenters. The first-order valence-electron chi connectivity index (χ1n) is 9.58. The van der Waals surface area contributed by atoms with Crippen LogP contribution in [0, 0.1) is 5.92 Å². The van der Waals surface area contributed by atoms with E-state index in [9.17, 15) is 9.59 Å². The number of hydrogen-bond donors (Lipinski definition) is 1. The van der Waals surface area contributed by atoms with E-state index in [1.54, 1.807) is 0 Å². The number of amides is 1. The summed E-state index contributed by atoms with van der Waals surface area (Å²) in [7, 11) is 1.40. The Labute approximate surface area is 157 Å². The molecule has 1 aromatic rings. The summed E-state index contributed by atoms with van der Waals surface area (Å²) >= 11 is 0. The highest BCUT2D eigenvalue weighted by atomic mass is 16.5. The number of benzene rings is 1. The molecule has 0 fully saturated rings. The molecule has 0 spiro atoms. The van der Waals surface area contributed by atoms with Gasteiger partial charge in [0.25, 0.3) is 0 Å². The second-order valence-corrected chi connectivity index (χ2v) is 7.71. The van der Waals surface area contributed by atoms with Crippen LogP contribution < -0.4 is 5.32 Å². The molecule has 1 aromatic carbocycles. The topological polar surface area (TPSA) is 58.6 Å². The van der Waals surface area contributed by atoms with E-state index in [4.69, 9.17) is 4.74 Å². The van der Waals surface area contributed by atoms with Gasteiger partial charge in [0.2, 0.25) is 5.91 Å². The van der Waals surface area contributed by atoms with E-state index in [1.807, 2.05) is 30.0 Å². The third-order valence-corrected chi connectivity index (χ3v) is 4.99. The average molecular weight is 360 g/mol. The minimum Gasteiger partial charge on any atom is -0.468 e. The molecular weight excluding hydrogens is 328 g/mol. The lowest BCUT2D eigenvalue weighted by atomic mass is 9.94. The molecule has 5 heteroatoms. The zero-order chi connectivity index (χ0) is 19.1. The van der Waals surface area contributed by atoms with Gasteiger partial charge in [-0.25, -0.2) is 0 Å². The van der Waals surface area contributed by atoms with Gasteiger partial charge < -0.3 is 10.1 Å². The molecule has 0 aliphatic carbocycles. The molecule has 1 heterocycles. The van der Waals surface area contributed by atoms with Crippen LogP contribution in [0.2, 0.25) is 0 Å². The summed E-state index contributed by atoms with van der Waals surface area (Å²) in [5.74, 6) is 0.375. The molecule has 2 rings (SSSR count). The molecule has 1 amide bonds. The maximum atomic E-state index is 12.5. The fourth-order valence-electron chi connectivity index (χ4n) is 3.52. The third-order valence-electron chi connectivity index (χ3n) is 4.99. The fraction of sp³-hybridized carbons (Fsp3) is 0.619. The van der Waals surface area contributed by atoms with Gasteiger partial charge >= 0.3 is 5.97 Å². The molecule has 0 aromatic heterocycles. The standard InChI is InChI=1S/C21H32N2O3/c1-15(2)8-7-9-16(3)22-20(24)14-23-13-18-11-6-5-10-17(18)12-19(23)21(25)26-4/h5-6,10-11,15-16,19H,7-9,12-14H2,1-4H3,(H,22,24). The van der Waals surface area contributed by atoms with Crippen molar-refractivity contribution in [1.82, 2.24) is 10.2 Å². The molecule has 144 valence electrons. The van der Waals surface area contributed by atoms with Gasteiger partial charge in [-0.05, 0) is 36.8 Å². The van der Waals surface area contributed by atoms with E-state index >= 15 is 0 Å². The van der Waals surface area contributed by atoms with Crippen LogP contribution in [0.3, 0.4) is 0 Å². The molecule has 0 saturated heterocycles. The number of ether oxygens (including phenoxy) is 1. The number of nitrogens with zero attached hydrogens (tertiary/aromatic N) is 1. The summed E-state index contributed by atoms with van der Waals surface area (Å²) in [6, 6.07) is 7.81. The molecule has 1 N–H and O–H groups in total. The number of fused-ring (bicyclic) bond motifs is 1. The SMILES string of the molecule is COC(=O)C1Cc2ccccc2CN1CC(=O)NC(C)CCCC(C)C. The van der Waals surface area contributed by atoms with Crippen LogP contribution in [0.4, 0.5) is 0 Å². The van der Waals surface area contributed by atoms with Gasteiger partial charge in [-0.2, -0.15) is 0 Å². The van der Waals surface area contributed by atoms with Crippen LogP contribution in [0.25, 0.3) is 0 Å². The lowest BCUT2D eigenvalue weighted by molar-refractivity contribution is -0.148. The molecule has 0 bridgehead atoms. The summed E-state index contributed by atoms with van der Waals surface area (Å²) in [5.41, 5.74) is 2.33. The first kappa shape index (κ1) is 20.4. The van der Waals surface area contributed by atoms with Gasteiger partial charge in [-0.3, -0.25) is 14.5 Å². The van der Waals surface area contributed by atoms with Crippen molar-refractivity contribution in [2.45, 2.75) is 65.1 Å². The summed E-state index contributed by atoms with van der Waals surface area (Å²) in [4.78, 5) is 26.6. The molecule has 1 aliphatic rings. The van der Waals surface area contributed by atoms with Gasteiger partial charge in [-0.1, -0.05) is 51.0 Å². The van der Waals surface area contributed by atoms with Crippen LogP contribution in [0.15, 0.2) is 24.3 Å². The van der Waals surface area contributed by atoms with E-state index in [-0.39, 0.29) is 24.5 Å². The fourth-order valence-corrected chi connectivity index (χ4v) is 3.52. The molecule has 0 saturated carbocycles. The van der Waals surface area contributed by atoms with Crippen molar-refractivity contribution < 1.29 is 14.3 Å². The van der Waals surface area contributed by atoms with E-state index < -0.39 is 6.04 Å². The van der Waals surface area contributed by atoms with Crippen LogP contribution >= 0.6 is 0 Å². The molecule has 2 atom stereocenters. The Morgan fingerprint density at radius 3 is 2.54 bits per heavy atom. The predicted molar refractivity (Wildman–Crippen MR) is 103 cm³/mol. The smallest absolute Gasteiger partial charge is 0.323 e. The first-order valence-corrected chi connectivity index (χ1v) is 9.58. The number of esters is 1. The molecule has 1 aliphatic heterocycles. The Hall–Kier alpha value is -1.88. The van der Waals surface area contributed by atoms with Crippen LogP contribution in [-0.2, 0) is 27.3 Å². The Balaban J connectivity index is 1.94. The molecule has 0 radical (unpaired) electrons. The Kier molecular flexibility index (Phi) is 7.64. The van der Waals surface area contributed by atoms with E-state index in [2.05, 4.69) is 25.2 Å². The van der Waals surface area contributed by atoms with E-state index in [0.29, 0.717) is 18.9 Å². The van der Waals surface area contributed by atoms with Crippen molar-refractivity contribution >= 4 is 11.9 Å². The summed E-state index contributed by atoms with van der Waals surface area (Å²) in [6.45, 7) is 7.27. The van der Waals surface area contributed by atoms with Gasteiger partial charge in [-0.15, -0.1) is 0 Å². The Morgan fingerprint density at radius 2 is 1.88 bits per heavy atom. The van der Waals surface area contributed by atoms with Gasteiger partial charge in [0.1, 0.15) is 6.04 Å². The van der Waals surface area contributed by atoms with E-state index in [0.717, 1.165) is 18.4 Å². The quantitative estimate of drug-likeness (QED) is 0.724. The second kappa shape index (κ2) is 9.72. The van der Waals surface area contributed by atoms with Gasteiger partial charge in [0.05, 0.1) is 13.7 Å². The van der Waals surface area contributed by atoms with Crippen molar-refractivity contribution in [2.75, 3.05) is 13.7 Å². The summed E-state index contributed by atoms with van der Waals surface area (Å²) in [5, 5.41) is 3.07. The van der Waals surface area contributed by atoms with Crippen LogP contribution in [0.5, 0.6) is 0 Å². The number of rotatable bonds is 8. The highest BCUT2D eigenvalue weighted by Crippen LogP contribution is 2.23. The van der Waals surface area contributed by atoms with Gasteiger partial charge in [0.15, 0.2) is 0 Å². The largest absolute Gasteiger partial charge is 0.468 e. The van der Waals surface area contributed by atoms with Crippen LogP contribution in [-0.4, -0.2) is 42.5 Å². The monoisotopic (exact) mass is 360 g/mol. The predicted octanol–water partition coefficient (Wildman–Crippen LogP) is 2.92. The number of carbonyl (C=O) groups is 2. The number of nitrogens with one attached hydrogen (secondary N) is 1. The average Bonchev–Trinajstić information content (AvgIpc) is 2.60. The molecule has 5 nitrogen and oxygen atoms in total. The molecular formula is C21H32N2O3. The zero-order valence-corrected chi connectivity index (χ0v) is 16.5. The highest BCUT2D eigenvalue weighted by Gasteiger charge is 2.33. The minimum atomic E-state index is -0.406. The maximum absolute atomic E-state index is 12.5. The Morgan fingerprint density at radius 1 is 1.19 bits per heavy atom. The number of hydrogen-bond acceptors (Lipinski definition) is 4. The van der Waals surface area contributed by atoms with Crippen molar-refractivity contribution in [1.29, 1.82) is 0 Å². The lowest BCUT2D eigenvalue weighted by Crippen LogP contribution is -2.50. The van der Waals surface area contributed by atoms with Crippen molar-refractivity contribution in [2.24, 2.45) is 5.92 Å². The zero-order valence-electron chi connectivity index (χ0n) is 16.5. The lowest BCUT2D eigenvalue weighted by Gasteiger charge is -2.34. The minimum absolute atomic E-state index is 0.0321. The van der Waals surface area contributed by atoms with E-state index in [1.165, 1.54) is 19.1 Å². The third kappa shape index (κ3) is 5.84. The van der Waals surface area contributed by atoms with Gasteiger partial charge in [0, 0.05) is 12.6 Å². The number of carbonyl (C=O) groups excluding carboxylic acids is 2. The van der Waals surface area contributed by atoms with Crippen molar-refractivity contribution in [3.05, 3.63) is 35.4 Å². The first-order chi connectivity index (χ1) is 12.4. The van der Waals surface area contributed by atoms with Crippen LogP contribution in [0.1, 0.15) is 51.2 Å². The maximum Gasteiger partial charge on any atom is 0.323 e.